The van der Waals surface area contributed by atoms with Crippen LogP contribution in [0.2, 0.25) is 0 Å². The standard InChI is InChI=1S/C14H20N4O/c1-10-6-8-18(9-7-10)14(19)12-4-5-13(17-16-12)15-11-2-3-11/h4-5,10-11H,2-3,6-9H2,1H3,(H,15,17). The van der Waals surface area contributed by atoms with E-state index in [-0.39, 0.29) is 5.91 Å². The number of piperidine rings is 1. The molecule has 1 aliphatic heterocycles. The lowest BCUT2D eigenvalue weighted by Gasteiger charge is -2.29. The fourth-order valence-electron chi connectivity index (χ4n) is 2.33. The summed E-state index contributed by atoms with van der Waals surface area (Å²) in [5.74, 6) is 1.50. The lowest BCUT2D eigenvalue weighted by Crippen LogP contribution is -2.38. The summed E-state index contributed by atoms with van der Waals surface area (Å²) in [6.07, 6.45) is 4.57. The highest BCUT2D eigenvalue weighted by molar-refractivity contribution is 5.92. The normalized spacial score (nSPS) is 20.4. The molecule has 0 unspecified atom stereocenters. The van der Waals surface area contributed by atoms with E-state index >= 15 is 0 Å². The van der Waals surface area contributed by atoms with Crippen LogP contribution in [-0.2, 0) is 0 Å². The van der Waals surface area contributed by atoms with Crippen LogP contribution < -0.4 is 5.32 Å². The first-order valence-corrected chi connectivity index (χ1v) is 7.12. The third kappa shape index (κ3) is 3.03. The molecule has 0 atom stereocenters. The highest BCUT2D eigenvalue weighted by Crippen LogP contribution is 2.23. The molecule has 0 radical (unpaired) electrons. The van der Waals surface area contributed by atoms with Crippen LogP contribution in [0.15, 0.2) is 12.1 Å². The number of likely N-dealkylation sites (tertiary alicyclic amines) is 1. The number of carbonyl (C=O) groups excluding carboxylic acids is 1. The zero-order chi connectivity index (χ0) is 13.2. The van der Waals surface area contributed by atoms with E-state index in [1.54, 1.807) is 6.07 Å². The molecule has 0 bridgehead atoms. The van der Waals surface area contributed by atoms with Gasteiger partial charge in [0, 0.05) is 19.1 Å². The van der Waals surface area contributed by atoms with Crippen LogP contribution >= 0.6 is 0 Å². The SMILES string of the molecule is CC1CCN(C(=O)c2ccc(NC3CC3)nn2)CC1. The van der Waals surface area contributed by atoms with Gasteiger partial charge < -0.3 is 10.2 Å². The van der Waals surface area contributed by atoms with Crippen molar-refractivity contribution in [1.29, 1.82) is 0 Å². The Hall–Kier alpha value is -1.65. The van der Waals surface area contributed by atoms with Crippen molar-refractivity contribution in [3.63, 3.8) is 0 Å². The summed E-state index contributed by atoms with van der Waals surface area (Å²) in [6.45, 7) is 3.91. The quantitative estimate of drug-likeness (QED) is 0.902. The van der Waals surface area contributed by atoms with Crippen molar-refractivity contribution >= 4 is 11.7 Å². The minimum Gasteiger partial charge on any atom is -0.366 e. The van der Waals surface area contributed by atoms with E-state index in [1.165, 1.54) is 12.8 Å². The van der Waals surface area contributed by atoms with Crippen molar-refractivity contribution in [1.82, 2.24) is 15.1 Å². The van der Waals surface area contributed by atoms with Crippen molar-refractivity contribution in [2.75, 3.05) is 18.4 Å². The van der Waals surface area contributed by atoms with Gasteiger partial charge in [0.05, 0.1) is 0 Å². The average Bonchev–Trinajstić information content (AvgIpc) is 3.24. The maximum Gasteiger partial charge on any atom is 0.274 e. The number of hydrogen-bond donors (Lipinski definition) is 1. The Labute approximate surface area is 113 Å². The predicted octanol–water partition coefficient (Wildman–Crippen LogP) is 1.92. The molecule has 1 saturated carbocycles. The van der Waals surface area contributed by atoms with Gasteiger partial charge in [-0.1, -0.05) is 6.92 Å². The second-order valence-electron chi connectivity index (χ2n) is 5.70. The van der Waals surface area contributed by atoms with Gasteiger partial charge in [-0.15, -0.1) is 10.2 Å². The van der Waals surface area contributed by atoms with E-state index in [0.29, 0.717) is 11.7 Å². The number of anilines is 1. The molecule has 1 aromatic rings. The first-order chi connectivity index (χ1) is 9.22. The molecule has 2 heterocycles. The van der Waals surface area contributed by atoms with Crippen LogP contribution in [0.4, 0.5) is 5.82 Å². The van der Waals surface area contributed by atoms with Gasteiger partial charge in [-0.3, -0.25) is 4.79 Å². The average molecular weight is 260 g/mol. The summed E-state index contributed by atoms with van der Waals surface area (Å²) in [5, 5.41) is 11.4. The molecule has 1 amide bonds. The number of nitrogens with one attached hydrogen (secondary N) is 1. The molecule has 102 valence electrons. The molecule has 3 rings (SSSR count). The molecule has 1 N–H and O–H groups in total. The van der Waals surface area contributed by atoms with Crippen LogP contribution in [0.25, 0.3) is 0 Å². The summed E-state index contributed by atoms with van der Waals surface area (Å²) in [5.41, 5.74) is 0.455. The summed E-state index contributed by atoms with van der Waals surface area (Å²) in [7, 11) is 0. The van der Waals surface area contributed by atoms with Gasteiger partial charge >= 0.3 is 0 Å². The minimum absolute atomic E-state index is 0.0115. The van der Waals surface area contributed by atoms with Gasteiger partial charge in [0.25, 0.3) is 5.91 Å². The predicted molar refractivity (Wildman–Crippen MR) is 73.0 cm³/mol. The van der Waals surface area contributed by atoms with Crippen LogP contribution in [0.5, 0.6) is 0 Å². The number of nitrogens with zero attached hydrogens (tertiary/aromatic N) is 3. The van der Waals surface area contributed by atoms with E-state index in [0.717, 1.165) is 37.7 Å². The van der Waals surface area contributed by atoms with Gasteiger partial charge in [-0.05, 0) is 43.7 Å². The third-order valence-corrected chi connectivity index (χ3v) is 3.88. The van der Waals surface area contributed by atoms with E-state index in [9.17, 15) is 4.79 Å². The van der Waals surface area contributed by atoms with Crippen LogP contribution in [-0.4, -0.2) is 40.1 Å². The summed E-state index contributed by atoms with van der Waals surface area (Å²) in [4.78, 5) is 14.1. The van der Waals surface area contributed by atoms with Gasteiger partial charge in [0.15, 0.2) is 5.69 Å². The first-order valence-electron chi connectivity index (χ1n) is 7.12. The van der Waals surface area contributed by atoms with Crippen molar-refractivity contribution < 1.29 is 4.79 Å². The highest BCUT2D eigenvalue weighted by Gasteiger charge is 2.24. The lowest BCUT2D eigenvalue weighted by atomic mass is 9.99. The molecule has 2 aliphatic rings. The Morgan fingerprint density at radius 1 is 1.21 bits per heavy atom. The fraction of sp³-hybridized carbons (Fsp3) is 0.643. The molecular formula is C14H20N4O. The first kappa shape index (κ1) is 12.4. The molecule has 1 saturated heterocycles. The number of hydrogen-bond acceptors (Lipinski definition) is 4. The molecule has 2 fully saturated rings. The smallest absolute Gasteiger partial charge is 0.274 e. The van der Waals surface area contributed by atoms with Gasteiger partial charge in [0.1, 0.15) is 5.82 Å². The largest absolute Gasteiger partial charge is 0.366 e. The minimum atomic E-state index is 0.0115. The van der Waals surface area contributed by atoms with Gasteiger partial charge in [-0.25, -0.2) is 0 Å². The zero-order valence-electron chi connectivity index (χ0n) is 11.3. The number of aromatic nitrogens is 2. The van der Waals surface area contributed by atoms with Crippen LogP contribution in [0.1, 0.15) is 43.1 Å². The number of amides is 1. The van der Waals surface area contributed by atoms with Crippen molar-refractivity contribution in [2.45, 2.75) is 38.6 Å². The molecule has 5 heteroatoms. The van der Waals surface area contributed by atoms with Crippen molar-refractivity contribution in [3.05, 3.63) is 17.8 Å². The van der Waals surface area contributed by atoms with E-state index in [4.69, 9.17) is 0 Å². The Balaban J connectivity index is 1.62. The Kier molecular flexibility index (Phi) is 3.36. The lowest BCUT2D eigenvalue weighted by molar-refractivity contribution is 0.0690. The maximum atomic E-state index is 12.3. The van der Waals surface area contributed by atoms with Crippen molar-refractivity contribution in [2.24, 2.45) is 5.92 Å². The maximum absolute atomic E-state index is 12.3. The summed E-state index contributed by atoms with van der Waals surface area (Å²) >= 11 is 0. The van der Waals surface area contributed by atoms with Gasteiger partial charge in [-0.2, -0.15) is 0 Å². The Morgan fingerprint density at radius 3 is 2.53 bits per heavy atom. The fourth-order valence-corrected chi connectivity index (χ4v) is 2.33. The monoisotopic (exact) mass is 260 g/mol. The van der Waals surface area contributed by atoms with Crippen LogP contribution in [0, 0.1) is 5.92 Å². The third-order valence-electron chi connectivity index (χ3n) is 3.88. The second-order valence-corrected chi connectivity index (χ2v) is 5.70. The van der Waals surface area contributed by atoms with E-state index < -0.39 is 0 Å². The van der Waals surface area contributed by atoms with Crippen molar-refractivity contribution in [3.8, 4) is 0 Å². The van der Waals surface area contributed by atoms with E-state index in [1.807, 2.05) is 11.0 Å². The van der Waals surface area contributed by atoms with Crippen LogP contribution in [0.3, 0.4) is 0 Å². The van der Waals surface area contributed by atoms with Gasteiger partial charge in [0.2, 0.25) is 0 Å². The molecule has 19 heavy (non-hydrogen) atoms. The molecule has 1 aliphatic carbocycles. The molecule has 5 nitrogen and oxygen atoms in total. The second kappa shape index (κ2) is 5.15. The van der Waals surface area contributed by atoms with E-state index in [2.05, 4.69) is 22.4 Å². The molecule has 0 spiro atoms. The zero-order valence-corrected chi connectivity index (χ0v) is 11.3. The molecule has 1 aromatic heterocycles. The Bertz CT molecular complexity index is 447. The molecular weight excluding hydrogens is 240 g/mol. The highest BCUT2D eigenvalue weighted by atomic mass is 16.2. The summed E-state index contributed by atoms with van der Waals surface area (Å²) < 4.78 is 0. The summed E-state index contributed by atoms with van der Waals surface area (Å²) in [6, 6.07) is 4.18. The Morgan fingerprint density at radius 2 is 1.95 bits per heavy atom. The number of rotatable bonds is 3. The molecule has 0 aromatic carbocycles. The number of carbonyl (C=O) groups is 1. The topological polar surface area (TPSA) is 58.1 Å².